The van der Waals surface area contributed by atoms with Crippen molar-refractivity contribution in [1.82, 2.24) is 9.13 Å². The smallest absolute Gasteiger partial charge is 0.0549 e. The summed E-state index contributed by atoms with van der Waals surface area (Å²) in [4.78, 5) is 0. The number of allylic oxidation sites excluding steroid dienone is 7. The molecule has 0 spiro atoms. The minimum Gasteiger partial charge on any atom is -0.316 e. The number of nitrogens with zero attached hydrogens (tertiary/aromatic N) is 2. The number of hydrogen-bond donors (Lipinski definition) is 0. The molecule has 2 nitrogen and oxygen atoms in total. The minimum absolute atomic E-state index is 1.20. The van der Waals surface area contributed by atoms with Gasteiger partial charge in [-0.2, -0.15) is 0 Å². The molecule has 0 fully saturated rings. The first kappa shape index (κ1) is 28.1. The summed E-state index contributed by atoms with van der Waals surface area (Å²) in [5.41, 5.74) is 7.32. The second kappa shape index (κ2) is 12.4. The molecule has 2 aromatic heterocycles. The second-order valence-electron chi connectivity index (χ2n) is 10.9. The fraction of sp³-hybridized carbons (Fsp3) is 0.122. The maximum absolute atomic E-state index is 2.44. The van der Waals surface area contributed by atoms with Crippen LogP contribution in [0.1, 0.15) is 34.1 Å². The van der Waals surface area contributed by atoms with Crippen LogP contribution in [0.4, 0.5) is 0 Å². The molecule has 0 radical (unpaired) electrons. The van der Waals surface area contributed by atoms with Gasteiger partial charge >= 0.3 is 0 Å². The first-order valence-electron chi connectivity index (χ1n) is 15.2. The lowest BCUT2D eigenvalue weighted by Crippen LogP contribution is -1.95. The molecule has 0 unspecified atom stereocenters. The highest BCUT2D eigenvalue weighted by Crippen LogP contribution is 2.39. The van der Waals surface area contributed by atoms with Gasteiger partial charge in [0.15, 0.2) is 0 Å². The van der Waals surface area contributed by atoms with E-state index >= 15 is 0 Å². The highest BCUT2D eigenvalue weighted by molar-refractivity contribution is 6.19. The van der Waals surface area contributed by atoms with Crippen LogP contribution in [0.3, 0.4) is 0 Å². The van der Waals surface area contributed by atoms with E-state index in [2.05, 4.69) is 183 Å². The lowest BCUT2D eigenvalue weighted by molar-refractivity contribution is 1.09. The van der Waals surface area contributed by atoms with Crippen LogP contribution in [0.2, 0.25) is 0 Å². The third-order valence-electron chi connectivity index (χ3n) is 7.89. The summed E-state index contributed by atoms with van der Waals surface area (Å²) < 4.78 is 4.76. The van der Waals surface area contributed by atoms with Gasteiger partial charge in [-0.3, -0.25) is 0 Å². The van der Waals surface area contributed by atoms with Crippen molar-refractivity contribution in [3.05, 3.63) is 145 Å². The Morgan fingerprint density at radius 1 is 0.581 bits per heavy atom. The number of benzene rings is 5. The van der Waals surface area contributed by atoms with E-state index in [0.29, 0.717) is 0 Å². The van der Waals surface area contributed by atoms with Crippen LogP contribution in [-0.2, 0) is 0 Å². The monoisotopic (exact) mass is 558 g/mol. The van der Waals surface area contributed by atoms with Crippen molar-refractivity contribution in [2.75, 3.05) is 0 Å². The lowest BCUT2D eigenvalue weighted by atomic mass is 10.1. The Bertz CT molecular complexity index is 2190. The first-order chi connectivity index (χ1) is 21.2. The van der Waals surface area contributed by atoms with E-state index in [0.717, 1.165) is 0 Å². The van der Waals surface area contributed by atoms with E-state index in [4.69, 9.17) is 0 Å². The zero-order chi connectivity index (χ0) is 29.8. The van der Waals surface area contributed by atoms with Crippen LogP contribution in [0.15, 0.2) is 145 Å². The lowest BCUT2D eigenvalue weighted by Gasteiger charge is -2.11. The second-order valence-corrected chi connectivity index (χ2v) is 10.9. The maximum Gasteiger partial charge on any atom is 0.0549 e. The van der Waals surface area contributed by atoms with Gasteiger partial charge in [0.2, 0.25) is 0 Å². The molecule has 2 heterocycles. The molecule has 7 aromatic rings. The van der Waals surface area contributed by atoms with E-state index in [9.17, 15) is 0 Å². The molecule has 0 N–H and O–H groups in total. The van der Waals surface area contributed by atoms with Gasteiger partial charge in [0, 0.05) is 33.1 Å². The topological polar surface area (TPSA) is 9.86 Å². The molecule has 0 atom stereocenters. The number of fused-ring (bicyclic) bond motifs is 7. The predicted molar refractivity (Wildman–Crippen MR) is 190 cm³/mol. The van der Waals surface area contributed by atoms with Gasteiger partial charge in [-0.25, -0.2) is 0 Å². The van der Waals surface area contributed by atoms with Crippen LogP contribution >= 0.6 is 0 Å². The van der Waals surface area contributed by atoms with Crippen molar-refractivity contribution in [2.45, 2.75) is 34.1 Å². The summed E-state index contributed by atoms with van der Waals surface area (Å²) in [6.45, 7) is 8.41. The zero-order valence-corrected chi connectivity index (χ0v) is 25.5. The molecule has 7 rings (SSSR count). The van der Waals surface area contributed by atoms with Crippen molar-refractivity contribution in [3.63, 3.8) is 0 Å². The quantitative estimate of drug-likeness (QED) is 0.186. The molecule has 0 aliphatic carbocycles. The highest BCUT2D eigenvalue weighted by Gasteiger charge is 2.17. The molecule has 43 heavy (non-hydrogen) atoms. The summed E-state index contributed by atoms with van der Waals surface area (Å²) in [7, 11) is 0. The Morgan fingerprint density at radius 2 is 1.16 bits per heavy atom. The Morgan fingerprint density at radius 3 is 1.93 bits per heavy atom. The van der Waals surface area contributed by atoms with Crippen molar-refractivity contribution in [2.24, 2.45) is 0 Å². The molecule has 0 bridgehead atoms. The Kier molecular flexibility index (Phi) is 8.11. The van der Waals surface area contributed by atoms with Crippen molar-refractivity contribution >= 4 is 60.6 Å². The summed E-state index contributed by atoms with van der Waals surface area (Å²) in [6, 6.07) is 37.5. The molecule has 5 aromatic carbocycles. The number of rotatable bonds is 5. The molecular formula is C41H38N2. The van der Waals surface area contributed by atoms with E-state index in [1.54, 1.807) is 0 Å². The molecular weight excluding hydrogens is 520 g/mol. The first-order valence-corrected chi connectivity index (χ1v) is 15.2. The minimum atomic E-state index is 1.20. The average Bonchev–Trinajstić information content (AvgIpc) is 3.53. The van der Waals surface area contributed by atoms with Crippen molar-refractivity contribution in [3.8, 4) is 5.69 Å². The predicted octanol–water partition coefficient (Wildman–Crippen LogP) is 12.0. The molecule has 0 saturated heterocycles. The van der Waals surface area contributed by atoms with Gasteiger partial charge in [-0.15, -0.1) is 0 Å². The van der Waals surface area contributed by atoms with Crippen LogP contribution in [-0.4, -0.2) is 9.13 Å². The van der Waals surface area contributed by atoms with Gasteiger partial charge in [0.1, 0.15) is 0 Å². The normalized spacial score (nSPS) is 12.6. The number of hydrogen-bond acceptors (Lipinski definition) is 0. The zero-order valence-electron chi connectivity index (χ0n) is 25.5. The van der Waals surface area contributed by atoms with Crippen molar-refractivity contribution in [1.29, 1.82) is 0 Å². The molecule has 0 amide bonds. The van der Waals surface area contributed by atoms with Crippen molar-refractivity contribution < 1.29 is 0 Å². The largest absolute Gasteiger partial charge is 0.316 e. The average molecular weight is 559 g/mol. The maximum atomic E-state index is 2.44. The Balaban J connectivity index is 0.00000105. The molecule has 0 aliphatic rings. The molecule has 2 heteroatoms. The summed E-state index contributed by atoms with van der Waals surface area (Å²) in [5, 5.41) is 7.53. The van der Waals surface area contributed by atoms with E-state index in [-0.39, 0.29) is 0 Å². The standard InChI is InChI=1S/C38H30N2.C3H8/c1-3-27(2)15-6-4-5-13-24-39-34-21-11-9-19-30(34)32-26-38-33(25-37(32)39)31-20-10-12-22-36(31)40(38)35-23-14-17-28-16-7-8-18-29(28)35;1-3-2/h3-26H,1-2H3;3H2,1-2H3/b5-4-,15-6-,24-13-,27-3+;. The highest BCUT2D eigenvalue weighted by atomic mass is 15.0. The summed E-state index contributed by atoms with van der Waals surface area (Å²) in [6.07, 6.45) is 16.0. The van der Waals surface area contributed by atoms with Crippen LogP contribution in [0.25, 0.3) is 66.3 Å². The van der Waals surface area contributed by atoms with E-state index in [1.165, 1.54) is 72.1 Å². The summed E-state index contributed by atoms with van der Waals surface area (Å²) in [5.74, 6) is 0. The SMILES string of the molecule is C/C=C(C)/C=C\C=C/C=C\n1c2ccccc2c2cc3c(cc21)c1ccccc1n3-c1cccc2ccccc12.CCC. The summed E-state index contributed by atoms with van der Waals surface area (Å²) >= 11 is 0. The fourth-order valence-corrected chi connectivity index (χ4v) is 5.85. The third-order valence-corrected chi connectivity index (χ3v) is 7.89. The van der Waals surface area contributed by atoms with Gasteiger partial charge in [-0.1, -0.05) is 129 Å². The molecule has 212 valence electrons. The van der Waals surface area contributed by atoms with E-state index < -0.39 is 0 Å². The molecule has 0 saturated carbocycles. The van der Waals surface area contributed by atoms with Crippen LogP contribution < -0.4 is 0 Å². The van der Waals surface area contributed by atoms with Gasteiger partial charge < -0.3 is 9.13 Å². The van der Waals surface area contributed by atoms with Gasteiger partial charge in [0.25, 0.3) is 0 Å². The number of aromatic nitrogens is 2. The number of para-hydroxylation sites is 2. The van der Waals surface area contributed by atoms with Gasteiger partial charge in [-0.05, 0) is 55.6 Å². The Labute approximate surface area is 254 Å². The van der Waals surface area contributed by atoms with Crippen LogP contribution in [0, 0.1) is 0 Å². The van der Waals surface area contributed by atoms with E-state index in [1.807, 2.05) is 0 Å². The fourth-order valence-electron chi connectivity index (χ4n) is 5.85. The molecule has 0 aliphatic heterocycles. The Hall–Kier alpha value is -5.08. The third kappa shape index (κ3) is 5.21. The van der Waals surface area contributed by atoms with Gasteiger partial charge in [0.05, 0.1) is 27.8 Å². The van der Waals surface area contributed by atoms with Crippen LogP contribution in [0.5, 0.6) is 0 Å².